The minimum atomic E-state index is -3.16. The van der Waals surface area contributed by atoms with Crippen molar-refractivity contribution in [1.82, 2.24) is 14.9 Å². The average Bonchev–Trinajstić information content (AvgIpc) is 3.01. The summed E-state index contributed by atoms with van der Waals surface area (Å²) in [6.07, 6.45) is 4.73. The molecule has 0 aliphatic carbocycles. The van der Waals surface area contributed by atoms with Gasteiger partial charge in [-0.1, -0.05) is 6.92 Å². The van der Waals surface area contributed by atoms with Crippen molar-refractivity contribution in [2.45, 2.75) is 45.4 Å². The minimum absolute atomic E-state index is 0. The van der Waals surface area contributed by atoms with Crippen molar-refractivity contribution in [3.05, 3.63) is 0 Å². The SMILES string of the molecule is CC1(CNC(=O)CCCS(=O)(=O)N2CCCC2)CCNCC1.Cl. The van der Waals surface area contributed by atoms with Crippen molar-refractivity contribution in [3.8, 4) is 0 Å². The second kappa shape index (κ2) is 9.20. The first-order valence-electron chi connectivity index (χ1n) is 8.37. The fourth-order valence-corrected chi connectivity index (χ4v) is 4.70. The van der Waals surface area contributed by atoms with Gasteiger partial charge in [0.2, 0.25) is 15.9 Å². The van der Waals surface area contributed by atoms with E-state index in [4.69, 9.17) is 0 Å². The molecule has 0 spiro atoms. The molecule has 0 radical (unpaired) electrons. The van der Waals surface area contributed by atoms with Gasteiger partial charge in [-0.3, -0.25) is 4.79 Å². The Morgan fingerprint density at radius 1 is 1.22 bits per heavy atom. The van der Waals surface area contributed by atoms with Crippen LogP contribution in [0.5, 0.6) is 0 Å². The van der Waals surface area contributed by atoms with Gasteiger partial charge in [-0.2, -0.15) is 0 Å². The maximum atomic E-state index is 12.1. The quantitative estimate of drug-likeness (QED) is 0.706. The highest BCUT2D eigenvalue weighted by Gasteiger charge is 2.27. The van der Waals surface area contributed by atoms with Crippen LogP contribution >= 0.6 is 12.4 Å². The second-order valence-corrected chi connectivity index (χ2v) is 8.95. The van der Waals surface area contributed by atoms with Crippen LogP contribution in [0.15, 0.2) is 0 Å². The zero-order valence-corrected chi connectivity index (χ0v) is 15.6. The highest BCUT2D eigenvalue weighted by atomic mass is 35.5. The van der Waals surface area contributed by atoms with Crippen LogP contribution in [0.3, 0.4) is 0 Å². The van der Waals surface area contributed by atoms with E-state index in [0.717, 1.165) is 38.8 Å². The number of hydrogen-bond donors (Lipinski definition) is 2. The molecule has 0 aromatic carbocycles. The van der Waals surface area contributed by atoms with E-state index in [-0.39, 0.29) is 29.5 Å². The topological polar surface area (TPSA) is 78.5 Å². The van der Waals surface area contributed by atoms with Crippen LogP contribution < -0.4 is 10.6 Å². The number of carbonyl (C=O) groups excluding carboxylic acids is 1. The van der Waals surface area contributed by atoms with Gasteiger partial charge in [0.1, 0.15) is 0 Å². The number of amides is 1. The molecule has 0 atom stereocenters. The van der Waals surface area contributed by atoms with Crippen LogP contribution in [0.2, 0.25) is 0 Å². The molecule has 2 rings (SSSR count). The molecule has 1 amide bonds. The van der Waals surface area contributed by atoms with E-state index in [9.17, 15) is 13.2 Å². The Morgan fingerprint density at radius 2 is 1.83 bits per heavy atom. The average molecular weight is 368 g/mol. The summed E-state index contributed by atoms with van der Waals surface area (Å²) in [7, 11) is -3.16. The van der Waals surface area contributed by atoms with Crippen molar-refractivity contribution >= 4 is 28.3 Å². The lowest BCUT2D eigenvalue weighted by Gasteiger charge is -2.34. The van der Waals surface area contributed by atoms with E-state index < -0.39 is 10.0 Å². The van der Waals surface area contributed by atoms with Crippen LogP contribution in [0.1, 0.15) is 45.4 Å². The Bertz CT molecular complexity index is 472. The molecule has 2 aliphatic heterocycles. The molecule has 6 nitrogen and oxygen atoms in total. The van der Waals surface area contributed by atoms with Gasteiger partial charge in [0, 0.05) is 26.1 Å². The number of halogens is 1. The summed E-state index contributed by atoms with van der Waals surface area (Å²) in [5.41, 5.74) is 0.169. The Hall–Kier alpha value is -0.370. The van der Waals surface area contributed by atoms with Gasteiger partial charge in [-0.25, -0.2) is 12.7 Å². The Labute approximate surface area is 146 Å². The molecule has 8 heteroatoms. The lowest BCUT2D eigenvalue weighted by atomic mass is 9.81. The highest BCUT2D eigenvalue weighted by Crippen LogP contribution is 2.26. The fourth-order valence-electron chi connectivity index (χ4n) is 3.12. The molecule has 136 valence electrons. The van der Waals surface area contributed by atoms with Crippen LogP contribution in [0, 0.1) is 5.41 Å². The van der Waals surface area contributed by atoms with E-state index in [1.165, 1.54) is 0 Å². The maximum Gasteiger partial charge on any atom is 0.220 e. The zero-order chi connectivity index (χ0) is 16.1. The number of sulfonamides is 1. The maximum absolute atomic E-state index is 12.1. The number of nitrogens with one attached hydrogen (secondary N) is 2. The first-order chi connectivity index (χ1) is 10.4. The molecular formula is C15H30ClN3O3S. The number of hydrogen-bond acceptors (Lipinski definition) is 4. The highest BCUT2D eigenvalue weighted by molar-refractivity contribution is 7.89. The van der Waals surface area contributed by atoms with Crippen LogP contribution in [-0.2, 0) is 14.8 Å². The summed E-state index contributed by atoms with van der Waals surface area (Å²) >= 11 is 0. The van der Waals surface area contributed by atoms with E-state index in [1.54, 1.807) is 4.31 Å². The summed E-state index contributed by atoms with van der Waals surface area (Å²) in [5.74, 6) is 0.0538. The molecule has 2 fully saturated rings. The summed E-state index contributed by atoms with van der Waals surface area (Å²) < 4.78 is 25.7. The van der Waals surface area contributed by atoms with Gasteiger partial charge in [-0.05, 0) is 50.6 Å². The lowest BCUT2D eigenvalue weighted by molar-refractivity contribution is -0.121. The van der Waals surface area contributed by atoms with E-state index in [1.807, 2.05) is 0 Å². The van der Waals surface area contributed by atoms with Crippen LogP contribution in [0.25, 0.3) is 0 Å². The van der Waals surface area contributed by atoms with Gasteiger partial charge in [0.15, 0.2) is 0 Å². The monoisotopic (exact) mass is 367 g/mol. The predicted octanol–water partition coefficient (Wildman–Crippen LogP) is 1.12. The summed E-state index contributed by atoms with van der Waals surface area (Å²) in [4.78, 5) is 11.9. The number of nitrogens with zero attached hydrogens (tertiary/aromatic N) is 1. The normalized spacial score (nSPS) is 21.6. The first-order valence-corrected chi connectivity index (χ1v) is 9.98. The minimum Gasteiger partial charge on any atom is -0.356 e. The molecule has 2 heterocycles. The molecule has 0 aromatic heterocycles. The van der Waals surface area contributed by atoms with Gasteiger partial charge in [0.05, 0.1) is 5.75 Å². The van der Waals surface area contributed by atoms with Crippen molar-refractivity contribution in [2.24, 2.45) is 5.41 Å². The zero-order valence-electron chi connectivity index (χ0n) is 14.0. The number of rotatable bonds is 7. The summed E-state index contributed by atoms with van der Waals surface area (Å²) in [6, 6.07) is 0. The van der Waals surface area contributed by atoms with Crippen LogP contribution in [-0.4, -0.2) is 57.1 Å². The number of piperidine rings is 1. The van der Waals surface area contributed by atoms with Crippen molar-refractivity contribution in [1.29, 1.82) is 0 Å². The van der Waals surface area contributed by atoms with Crippen molar-refractivity contribution in [2.75, 3.05) is 38.5 Å². The molecule has 0 saturated carbocycles. The third kappa shape index (κ3) is 6.57. The first kappa shape index (κ1) is 20.7. The second-order valence-electron chi connectivity index (χ2n) is 6.86. The van der Waals surface area contributed by atoms with Gasteiger partial charge >= 0.3 is 0 Å². The lowest BCUT2D eigenvalue weighted by Crippen LogP contribution is -2.43. The predicted molar refractivity (Wildman–Crippen MR) is 94.3 cm³/mol. The third-order valence-corrected chi connectivity index (χ3v) is 6.74. The summed E-state index contributed by atoms with van der Waals surface area (Å²) in [6.45, 7) is 6.17. The Kier molecular flexibility index (Phi) is 8.27. The molecule has 0 bridgehead atoms. The third-order valence-electron chi connectivity index (χ3n) is 4.79. The molecule has 23 heavy (non-hydrogen) atoms. The standard InChI is InChI=1S/C15H29N3O3S.ClH/c1-15(6-8-16-9-7-15)13-17-14(19)5-4-12-22(20,21)18-10-2-3-11-18;/h16H,2-13H2,1H3,(H,17,19);1H. The molecule has 0 unspecified atom stereocenters. The molecule has 2 N–H and O–H groups in total. The van der Waals surface area contributed by atoms with Crippen molar-refractivity contribution < 1.29 is 13.2 Å². The molecule has 2 aliphatic rings. The fraction of sp³-hybridized carbons (Fsp3) is 0.933. The molecule has 2 saturated heterocycles. The molecule has 0 aromatic rings. The van der Waals surface area contributed by atoms with Gasteiger partial charge < -0.3 is 10.6 Å². The summed E-state index contributed by atoms with van der Waals surface area (Å²) in [5, 5.41) is 6.29. The van der Waals surface area contributed by atoms with Gasteiger partial charge in [-0.15, -0.1) is 12.4 Å². The van der Waals surface area contributed by atoms with E-state index >= 15 is 0 Å². The van der Waals surface area contributed by atoms with Crippen molar-refractivity contribution in [3.63, 3.8) is 0 Å². The van der Waals surface area contributed by atoms with E-state index in [0.29, 0.717) is 32.5 Å². The van der Waals surface area contributed by atoms with E-state index in [2.05, 4.69) is 17.6 Å². The Balaban J connectivity index is 0.00000264. The molecular weight excluding hydrogens is 338 g/mol. The number of carbonyl (C=O) groups is 1. The van der Waals surface area contributed by atoms with Gasteiger partial charge in [0.25, 0.3) is 0 Å². The smallest absolute Gasteiger partial charge is 0.220 e. The Morgan fingerprint density at radius 3 is 2.43 bits per heavy atom. The van der Waals surface area contributed by atoms with Crippen LogP contribution in [0.4, 0.5) is 0 Å². The largest absolute Gasteiger partial charge is 0.356 e.